The molecule has 3 aromatic carbocycles. The van der Waals surface area contributed by atoms with E-state index in [0.29, 0.717) is 23.4 Å². The summed E-state index contributed by atoms with van der Waals surface area (Å²) in [5, 5.41) is 0. The van der Waals surface area contributed by atoms with Crippen LogP contribution in [0.1, 0.15) is 33.2 Å². The number of sulfonamides is 1. The fraction of sp³-hybridized carbons (Fsp3) is 0.200. The second kappa shape index (κ2) is 9.07. The Morgan fingerprint density at radius 1 is 0.970 bits per heavy atom. The van der Waals surface area contributed by atoms with E-state index in [2.05, 4.69) is 0 Å². The number of rotatable bonds is 7. The molecule has 1 heterocycles. The van der Waals surface area contributed by atoms with Crippen molar-refractivity contribution in [2.45, 2.75) is 24.3 Å². The zero-order chi connectivity index (χ0) is 23.6. The van der Waals surface area contributed by atoms with E-state index in [-0.39, 0.29) is 22.3 Å². The third-order valence-electron chi connectivity index (χ3n) is 5.52. The summed E-state index contributed by atoms with van der Waals surface area (Å²) in [7, 11) is -2.37. The largest absolute Gasteiger partial charge is 0.497 e. The average molecular weight is 466 g/mol. The van der Waals surface area contributed by atoms with Crippen LogP contribution in [0, 0.1) is 0 Å². The molecule has 0 radical (unpaired) electrons. The minimum atomic E-state index is -3.89. The van der Waals surface area contributed by atoms with Crippen LogP contribution in [0.2, 0.25) is 0 Å². The molecule has 7 nitrogen and oxygen atoms in total. The number of hydrogen-bond acceptors (Lipinski definition) is 6. The van der Waals surface area contributed by atoms with Gasteiger partial charge in [-0.05, 0) is 67.4 Å². The van der Waals surface area contributed by atoms with Crippen LogP contribution in [0.4, 0.5) is 5.69 Å². The summed E-state index contributed by atoms with van der Waals surface area (Å²) in [6.45, 7) is 1.39. The minimum absolute atomic E-state index is 0.0121. The molecule has 1 unspecified atom stereocenters. The van der Waals surface area contributed by atoms with Crippen molar-refractivity contribution >= 4 is 27.5 Å². The van der Waals surface area contributed by atoms with Gasteiger partial charge in [-0.15, -0.1) is 0 Å². The molecule has 1 aliphatic rings. The molecule has 0 saturated carbocycles. The third kappa shape index (κ3) is 4.47. The first-order chi connectivity index (χ1) is 15.8. The van der Waals surface area contributed by atoms with Crippen molar-refractivity contribution in [1.82, 2.24) is 0 Å². The fourth-order valence-electron chi connectivity index (χ4n) is 3.88. The molecule has 0 amide bonds. The zero-order valence-corrected chi connectivity index (χ0v) is 19.0. The molecule has 8 heteroatoms. The van der Waals surface area contributed by atoms with Gasteiger partial charge in [0.05, 0.1) is 23.3 Å². The Kier molecular flexibility index (Phi) is 6.20. The maximum absolute atomic E-state index is 13.4. The number of esters is 1. The maximum atomic E-state index is 13.4. The van der Waals surface area contributed by atoms with Gasteiger partial charge in [0.1, 0.15) is 5.75 Å². The van der Waals surface area contributed by atoms with Crippen LogP contribution < -0.4 is 9.04 Å². The lowest BCUT2D eigenvalue weighted by Crippen LogP contribution is -2.35. The molecule has 33 heavy (non-hydrogen) atoms. The molecule has 0 fully saturated rings. The monoisotopic (exact) mass is 465 g/mol. The van der Waals surface area contributed by atoms with Gasteiger partial charge in [0.2, 0.25) is 0 Å². The quantitative estimate of drug-likeness (QED) is 0.389. The Balaban J connectivity index is 1.50. The minimum Gasteiger partial charge on any atom is -0.497 e. The van der Waals surface area contributed by atoms with Gasteiger partial charge >= 0.3 is 5.97 Å². The second-order valence-electron chi connectivity index (χ2n) is 7.74. The van der Waals surface area contributed by atoms with Crippen molar-refractivity contribution in [1.29, 1.82) is 0 Å². The average Bonchev–Trinajstić information content (AvgIpc) is 3.18. The summed E-state index contributed by atoms with van der Waals surface area (Å²) in [6.07, 6.45) is 0.616. The highest BCUT2D eigenvalue weighted by atomic mass is 32.2. The van der Waals surface area contributed by atoms with E-state index >= 15 is 0 Å². The number of methoxy groups -OCH3 is 1. The Morgan fingerprint density at radius 2 is 1.70 bits per heavy atom. The second-order valence-corrected chi connectivity index (χ2v) is 9.55. The molecule has 0 saturated heterocycles. The maximum Gasteiger partial charge on any atom is 0.338 e. The van der Waals surface area contributed by atoms with Crippen LogP contribution in [0.5, 0.6) is 5.75 Å². The smallest absolute Gasteiger partial charge is 0.338 e. The number of fused-ring (bicyclic) bond motifs is 1. The van der Waals surface area contributed by atoms with Crippen molar-refractivity contribution in [3.8, 4) is 5.75 Å². The number of nitrogens with zero attached hydrogens (tertiary/aromatic N) is 1. The first-order valence-corrected chi connectivity index (χ1v) is 11.8. The van der Waals surface area contributed by atoms with E-state index in [0.717, 1.165) is 5.56 Å². The lowest BCUT2D eigenvalue weighted by atomic mass is 10.1. The number of anilines is 1. The van der Waals surface area contributed by atoms with Crippen LogP contribution >= 0.6 is 0 Å². The molecule has 0 bridgehead atoms. The summed E-state index contributed by atoms with van der Waals surface area (Å²) < 4.78 is 38.4. The Morgan fingerprint density at radius 3 is 2.42 bits per heavy atom. The number of Topliss-reactive ketones (excluding diaryl/α,β-unsaturated/α-hetero) is 1. The van der Waals surface area contributed by atoms with Gasteiger partial charge in [-0.25, -0.2) is 13.2 Å². The standard InChI is InChI=1S/C25H23NO6S/c1-17-14-19-6-3-4-9-23(19)26(17)33(29,30)22-8-5-7-20(15-22)25(28)32-16-24(27)18-10-12-21(31-2)13-11-18/h3-13,15,17H,14,16H2,1-2H3. The van der Waals surface area contributed by atoms with E-state index in [1.54, 1.807) is 36.4 Å². The number of para-hydroxylation sites is 1. The number of hydrogen-bond donors (Lipinski definition) is 0. The molecular weight excluding hydrogens is 442 g/mol. The van der Waals surface area contributed by atoms with Gasteiger partial charge in [-0.2, -0.15) is 0 Å². The zero-order valence-electron chi connectivity index (χ0n) is 18.2. The van der Waals surface area contributed by atoms with Gasteiger partial charge in [0.15, 0.2) is 12.4 Å². The van der Waals surface area contributed by atoms with Gasteiger partial charge in [-0.3, -0.25) is 9.10 Å². The van der Waals surface area contributed by atoms with Crippen LogP contribution in [0.3, 0.4) is 0 Å². The van der Waals surface area contributed by atoms with E-state index in [4.69, 9.17) is 9.47 Å². The first kappa shape index (κ1) is 22.5. The normalized spacial score (nSPS) is 15.1. The number of ether oxygens (including phenoxy) is 2. The number of ketones is 1. The molecule has 0 spiro atoms. The summed E-state index contributed by atoms with van der Waals surface area (Å²) in [4.78, 5) is 24.8. The van der Waals surface area contributed by atoms with Gasteiger partial charge in [0, 0.05) is 11.6 Å². The lowest BCUT2D eigenvalue weighted by Gasteiger charge is -2.24. The van der Waals surface area contributed by atoms with Crippen molar-refractivity contribution < 1.29 is 27.5 Å². The predicted molar refractivity (Wildman–Crippen MR) is 123 cm³/mol. The molecule has 0 N–H and O–H groups in total. The molecule has 170 valence electrons. The van der Waals surface area contributed by atoms with Crippen LogP contribution in [-0.4, -0.2) is 39.9 Å². The molecule has 1 atom stereocenters. The lowest BCUT2D eigenvalue weighted by molar-refractivity contribution is 0.0474. The Bertz CT molecular complexity index is 1300. The number of carbonyl (C=O) groups excluding carboxylic acids is 2. The van der Waals surface area contributed by atoms with Crippen molar-refractivity contribution in [3.05, 3.63) is 89.5 Å². The van der Waals surface area contributed by atoms with E-state index < -0.39 is 22.6 Å². The van der Waals surface area contributed by atoms with Gasteiger partial charge in [0.25, 0.3) is 10.0 Å². The summed E-state index contributed by atoms with van der Waals surface area (Å²) in [5.74, 6) is -0.544. The molecular formula is C25H23NO6S. The van der Waals surface area contributed by atoms with Crippen molar-refractivity contribution in [2.75, 3.05) is 18.0 Å². The number of benzene rings is 3. The van der Waals surface area contributed by atoms with Gasteiger partial charge in [-0.1, -0.05) is 24.3 Å². The SMILES string of the molecule is COc1ccc(C(=O)COC(=O)c2cccc(S(=O)(=O)N3c4ccccc4CC3C)c2)cc1. The van der Waals surface area contributed by atoms with Crippen LogP contribution in [-0.2, 0) is 21.2 Å². The highest BCUT2D eigenvalue weighted by Crippen LogP contribution is 2.36. The highest BCUT2D eigenvalue weighted by Gasteiger charge is 2.36. The van der Waals surface area contributed by atoms with E-state index in [1.165, 1.54) is 35.7 Å². The van der Waals surface area contributed by atoms with Crippen LogP contribution in [0.15, 0.2) is 77.7 Å². The summed E-state index contributed by atoms with van der Waals surface area (Å²) in [5.41, 5.74) is 2.03. The Labute approximate surface area is 192 Å². The van der Waals surface area contributed by atoms with E-state index in [9.17, 15) is 18.0 Å². The molecule has 1 aliphatic heterocycles. The number of carbonyl (C=O) groups is 2. The molecule has 0 aromatic heterocycles. The fourth-order valence-corrected chi connectivity index (χ4v) is 5.61. The van der Waals surface area contributed by atoms with E-state index in [1.807, 2.05) is 19.1 Å². The topological polar surface area (TPSA) is 90.0 Å². The van der Waals surface area contributed by atoms with Gasteiger partial charge < -0.3 is 9.47 Å². The first-order valence-electron chi connectivity index (χ1n) is 10.4. The predicted octanol–water partition coefficient (Wildman–Crippen LogP) is 3.87. The van der Waals surface area contributed by atoms with Crippen molar-refractivity contribution in [2.24, 2.45) is 0 Å². The van der Waals surface area contributed by atoms with Crippen LogP contribution in [0.25, 0.3) is 0 Å². The molecule has 3 aromatic rings. The molecule has 4 rings (SSSR count). The molecule has 0 aliphatic carbocycles. The summed E-state index contributed by atoms with van der Waals surface area (Å²) in [6, 6.07) is 19.2. The summed E-state index contributed by atoms with van der Waals surface area (Å²) >= 11 is 0. The third-order valence-corrected chi connectivity index (χ3v) is 7.44. The highest BCUT2D eigenvalue weighted by molar-refractivity contribution is 7.92. The Hall–Kier alpha value is -3.65. The van der Waals surface area contributed by atoms with Crippen molar-refractivity contribution in [3.63, 3.8) is 0 Å².